The number of aromatic amines is 2. The molecule has 0 bridgehead atoms. The second kappa shape index (κ2) is 3.04. The van der Waals surface area contributed by atoms with Crippen LogP contribution in [-0.2, 0) is 0 Å². The molecule has 6 heteroatoms. The van der Waals surface area contributed by atoms with E-state index in [9.17, 15) is 9.59 Å². The van der Waals surface area contributed by atoms with Gasteiger partial charge in [-0.25, -0.2) is 4.79 Å². The number of aromatic nitrogens is 2. The monoisotopic (exact) mass is 169 g/mol. The molecule has 64 valence electrons. The van der Waals surface area contributed by atoms with Gasteiger partial charge in [-0.3, -0.25) is 9.78 Å². The summed E-state index contributed by atoms with van der Waals surface area (Å²) >= 11 is 0. The van der Waals surface area contributed by atoms with E-state index >= 15 is 0 Å². The Morgan fingerprint density at radius 2 is 2.25 bits per heavy atom. The molecule has 6 nitrogen and oxygen atoms in total. The average molecular weight is 169 g/mol. The van der Waals surface area contributed by atoms with Crippen LogP contribution in [0.3, 0.4) is 0 Å². The summed E-state index contributed by atoms with van der Waals surface area (Å²) in [6, 6.07) is 0. The van der Waals surface area contributed by atoms with Crippen LogP contribution in [-0.4, -0.2) is 20.9 Å². The molecule has 0 amide bonds. The first-order valence-electron chi connectivity index (χ1n) is 3.16. The van der Waals surface area contributed by atoms with E-state index in [4.69, 9.17) is 5.21 Å². The molecule has 1 aromatic heterocycles. The van der Waals surface area contributed by atoms with Crippen LogP contribution in [0.15, 0.2) is 20.9 Å². The molecule has 0 aliphatic rings. The molecule has 0 saturated carbocycles. The Kier molecular flexibility index (Phi) is 2.09. The lowest BCUT2D eigenvalue weighted by atomic mass is 10.2. The number of hydrogen-bond donors (Lipinski definition) is 3. The van der Waals surface area contributed by atoms with E-state index in [2.05, 4.69) is 10.1 Å². The third-order valence-electron chi connectivity index (χ3n) is 1.36. The van der Waals surface area contributed by atoms with Gasteiger partial charge >= 0.3 is 5.69 Å². The Morgan fingerprint density at radius 1 is 1.58 bits per heavy atom. The lowest BCUT2D eigenvalue weighted by molar-refractivity contribution is 0.319. The quantitative estimate of drug-likeness (QED) is 0.293. The van der Waals surface area contributed by atoms with Crippen molar-refractivity contribution >= 4 is 5.71 Å². The summed E-state index contributed by atoms with van der Waals surface area (Å²) in [5.41, 5.74) is -0.881. The highest BCUT2D eigenvalue weighted by Crippen LogP contribution is 1.87. The number of oxime groups is 1. The molecule has 1 rings (SSSR count). The second-order valence-corrected chi connectivity index (χ2v) is 2.17. The molecule has 0 saturated heterocycles. The van der Waals surface area contributed by atoms with Gasteiger partial charge in [-0.15, -0.1) is 0 Å². The van der Waals surface area contributed by atoms with Gasteiger partial charge in [-0.2, -0.15) is 0 Å². The van der Waals surface area contributed by atoms with Crippen LogP contribution < -0.4 is 11.2 Å². The van der Waals surface area contributed by atoms with Gasteiger partial charge in [0.2, 0.25) is 0 Å². The van der Waals surface area contributed by atoms with Crippen LogP contribution in [0.2, 0.25) is 0 Å². The molecule has 3 N–H and O–H groups in total. The van der Waals surface area contributed by atoms with E-state index < -0.39 is 11.2 Å². The smallest absolute Gasteiger partial charge is 0.325 e. The molecular formula is C6H7N3O3. The maximum Gasteiger partial charge on any atom is 0.325 e. The van der Waals surface area contributed by atoms with Crippen molar-refractivity contribution in [3.05, 3.63) is 32.6 Å². The molecule has 1 aromatic rings. The van der Waals surface area contributed by atoms with E-state index in [1.807, 2.05) is 4.98 Å². The molecule has 0 atom stereocenters. The number of rotatable bonds is 1. The Morgan fingerprint density at radius 3 is 2.75 bits per heavy atom. The molecule has 0 radical (unpaired) electrons. The number of hydrogen-bond acceptors (Lipinski definition) is 4. The van der Waals surface area contributed by atoms with Crippen molar-refractivity contribution < 1.29 is 5.21 Å². The lowest BCUT2D eigenvalue weighted by Crippen LogP contribution is -2.26. The molecule has 0 aromatic carbocycles. The van der Waals surface area contributed by atoms with Crippen molar-refractivity contribution in [2.24, 2.45) is 5.16 Å². The number of nitrogens with one attached hydrogen (secondary N) is 2. The van der Waals surface area contributed by atoms with Crippen molar-refractivity contribution in [2.45, 2.75) is 6.92 Å². The highest BCUT2D eigenvalue weighted by molar-refractivity contribution is 5.97. The maximum absolute atomic E-state index is 11.0. The van der Waals surface area contributed by atoms with Crippen molar-refractivity contribution in [2.75, 3.05) is 0 Å². The van der Waals surface area contributed by atoms with E-state index in [-0.39, 0.29) is 11.3 Å². The van der Waals surface area contributed by atoms with Crippen molar-refractivity contribution in [3.63, 3.8) is 0 Å². The van der Waals surface area contributed by atoms with Crippen LogP contribution in [0, 0.1) is 0 Å². The topological polar surface area (TPSA) is 98.3 Å². The molecule has 0 aliphatic heterocycles. The lowest BCUT2D eigenvalue weighted by Gasteiger charge is -1.93. The standard InChI is InChI=1S/C6H7N3O3/c1-3(9-12)4-2-7-6(11)8-5(4)10/h2,12H,1H3,(H2,7,8,10,11). The Bertz CT molecular complexity index is 415. The van der Waals surface area contributed by atoms with Gasteiger partial charge in [-0.1, -0.05) is 5.16 Å². The van der Waals surface area contributed by atoms with Crippen molar-refractivity contribution in [3.8, 4) is 0 Å². The molecule has 1 heterocycles. The zero-order valence-corrected chi connectivity index (χ0v) is 6.29. The summed E-state index contributed by atoms with van der Waals surface area (Å²) in [6.45, 7) is 1.45. The summed E-state index contributed by atoms with van der Waals surface area (Å²) in [4.78, 5) is 25.8. The number of H-pyrrole nitrogens is 2. The summed E-state index contributed by atoms with van der Waals surface area (Å²) in [5, 5.41) is 11.1. The van der Waals surface area contributed by atoms with Crippen molar-refractivity contribution in [1.29, 1.82) is 0 Å². The van der Waals surface area contributed by atoms with Gasteiger partial charge in [0.1, 0.15) is 0 Å². The van der Waals surface area contributed by atoms with Crippen molar-refractivity contribution in [1.82, 2.24) is 9.97 Å². The summed E-state index contributed by atoms with van der Waals surface area (Å²) in [6.07, 6.45) is 1.19. The van der Waals surface area contributed by atoms with Gasteiger partial charge in [0.05, 0.1) is 11.3 Å². The number of nitrogens with zero attached hydrogens (tertiary/aromatic N) is 1. The van der Waals surface area contributed by atoms with Gasteiger partial charge in [-0.05, 0) is 6.92 Å². The Balaban J connectivity index is 3.38. The van der Waals surface area contributed by atoms with Gasteiger partial charge in [0.25, 0.3) is 5.56 Å². The zero-order chi connectivity index (χ0) is 9.14. The maximum atomic E-state index is 11.0. The highest BCUT2D eigenvalue weighted by atomic mass is 16.4. The minimum absolute atomic E-state index is 0.136. The molecule has 0 spiro atoms. The molecule has 0 unspecified atom stereocenters. The predicted octanol–water partition coefficient (Wildman–Crippen LogP) is -0.739. The van der Waals surface area contributed by atoms with E-state index in [1.165, 1.54) is 13.1 Å². The fourth-order valence-corrected chi connectivity index (χ4v) is 0.732. The van der Waals surface area contributed by atoms with Crippen LogP contribution in [0.5, 0.6) is 0 Å². The summed E-state index contributed by atoms with van der Waals surface area (Å²) in [7, 11) is 0. The first kappa shape index (κ1) is 8.25. The first-order valence-corrected chi connectivity index (χ1v) is 3.16. The SMILES string of the molecule is CC(=NO)c1c[nH]c(=O)[nH]c1=O. The normalized spacial score (nSPS) is 11.6. The third-order valence-corrected chi connectivity index (χ3v) is 1.36. The second-order valence-electron chi connectivity index (χ2n) is 2.17. The summed E-state index contributed by atoms with van der Waals surface area (Å²) in [5.74, 6) is 0. The van der Waals surface area contributed by atoms with Crippen LogP contribution in [0.1, 0.15) is 12.5 Å². The Hall–Kier alpha value is -1.85. The largest absolute Gasteiger partial charge is 0.411 e. The molecular weight excluding hydrogens is 162 g/mol. The first-order chi connectivity index (χ1) is 5.65. The van der Waals surface area contributed by atoms with E-state index in [0.717, 1.165) is 0 Å². The van der Waals surface area contributed by atoms with Gasteiger partial charge in [0.15, 0.2) is 0 Å². The molecule has 0 fully saturated rings. The average Bonchev–Trinajstić information content (AvgIpc) is 2.03. The fraction of sp³-hybridized carbons (Fsp3) is 0.167. The van der Waals surface area contributed by atoms with Gasteiger partial charge < -0.3 is 10.2 Å². The minimum atomic E-state index is -0.588. The fourth-order valence-electron chi connectivity index (χ4n) is 0.732. The predicted molar refractivity (Wildman–Crippen MR) is 41.7 cm³/mol. The zero-order valence-electron chi connectivity index (χ0n) is 6.29. The van der Waals surface area contributed by atoms with Gasteiger partial charge in [0, 0.05) is 6.20 Å². The van der Waals surface area contributed by atoms with E-state index in [1.54, 1.807) is 0 Å². The minimum Gasteiger partial charge on any atom is -0.411 e. The molecule has 12 heavy (non-hydrogen) atoms. The van der Waals surface area contributed by atoms with Crippen LogP contribution in [0.25, 0.3) is 0 Å². The van der Waals surface area contributed by atoms with Crippen LogP contribution >= 0.6 is 0 Å². The summed E-state index contributed by atoms with van der Waals surface area (Å²) < 4.78 is 0. The third kappa shape index (κ3) is 1.42. The van der Waals surface area contributed by atoms with E-state index in [0.29, 0.717) is 0 Å². The Labute approximate surface area is 66.6 Å². The van der Waals surface area contributed by atoms with Crippen LogP contribution in [0.4, 0.5) is 0 Å². The highest BCUT2D eigenvalue weighted by Gasteiger charge is 2.02. The molecule has 0 aliphatic carbocycles.